The lowest BCUT2D eigenvalue weighted by atomic mass is 10.2. The number of carbonyl (C=O) groups excluding carboxylic acids is 1. The molecule has 1 aliphatic heterocycles. The summed E-state index contributed by atoms with van der Waals surface area (Å²) in [7, 11) is -3.83. The summed E-state index contributed by atoms with van der Waals surface area (Å²) < 4.78 is 39.9. The van der Waals surface area contributed by atoms with E-state index in [0.29, 0.717) is 12.8 Å². The van der Waals surface area contributed by atoms with Crippen LogP contribution in [0.4, 0.5) is 10.1 Å². The molecule has 1 heterocycles. The summed E-state index contributed by atoms with van der Waals surface area (Å²) in [6, 6.07) is 1.82. The van der Waals surface area contributed by atoms with Crippen molar-refractivity contribution in [2.75, 3.05) is 12.3 Å². The van der Waals surface area contributed by atoms with Crippen molar-refractivity contribution in [3.05, 3.63) is 22.4 Å². The molecule has 1 saturated heterocycles. The maximum atomic E-state index is 13.2. The van der Waals surface area contributed by atoms with Crippen LogP contribution in [0, 0.1) is 5.82 Å². The Labute approximate surface area is 124 Å². The second-order valence-corrected chi connectivity index (χ2v) is 7.05. The van der Waals surface area contributed by atoms with Gasteiger partial charge in [-0.2, -0.15) is 0 Å². The number of halogens is 2. The van der Waals surface area contributed by atoms with E-state index in [1.807, 2.05) is 0 Å². The number of hydrogen-bond acceptors (Lipinski definition) is 4. The summed E-state index contributed by atoms with van der Waals surface area (Å²) in [6.45, 7) is 0.0811. The van der Waals surface area contributed by atoms with E-state index < -0.39 is 15.8 Å². The number of nitrogen functional groups attached to an aromatic ring is 1. The van der Waals surface area contributed by atoms with E-state index in [0.717, 1.165) is 12.1 Å². The zero-order valence-electron chi connectivity index (χ0n) is 10.3. The lowest BCUT2D eigenvalue weighted by molar-refractivity contribution is -0.119. The van der Waals surface area contributed by atoms with Gasteiger partial charge in [-0.25, -0.2) is 17.5 Å². The maximum Gasteiger partial charge on any atom is 0.241 e. The first-order chi connectivity index (χ1) is 9.29. The van der Waals surface area contributed by atoms with Gasteiger partial charge in [0.25, 0.3) is 0 Å². The number of nitrogens with one attached hydrogen (secondary N) is 2. The molecule has 1 aliphatic rings. The van der Waals surface area contributed by atoms with Gasteiger partial charge in [0.15, 0.2) is 0 Å². The van der Waals surface area contributed by atoms with Crippen LogP contribution in [0.25, 0.3) is 0 Å². The van der Waals surface area contributed by atoms with Crippen LogP contribution < -0.4 is 15.8 Å². The summed E-state index contributed by atoms with van der Waals surface area (Å²) in [5, 5.41) is 2.65. The third kappa shape index (κ3) is 3.28. The highest BCUT2D eigenvalue weighted by molar-refractivity contribution is 9.10. The minimum Gasteiger partial charge on any atom is -0.396 e. The Morgan fingerprint density at radius 2 is 2.20 bits per heavy atom. The standard InChI is InChI=1S/C11H13BrFN3O3S/c12-7-3-8(13)9(14)4-10(7)20(18,19)15-5-6-1-2-11(17)16-6/h3-4,6,15H,1-2,5,14H2,(H,16,17). The van der Waals surface area contributed by atoms with Gasteiger partial charge in [0.1, 0.15) is 5.82 Å². The average Bonchev–Trinajstić information content (AvgIpc) is 2.77. The topological polar surface area (TPSA) is 101 Å². The molecule has 6 nitrogen and oxygen atoms in total. The van der Waals surface area contributed by atoms with Gasteiger partial charge in [0.05, 0.1) is 10.6 Å². The number of carbonyl (C=O) groups is 1. The van der Waals surface area contributed by atoms with Gasteiger partial charge in [0.2, 0.25) is 15.9 Å². The first kappa shape index (κ1) is 15.2. The van der Waals surface area contributed by atoms with Gasteiger partial charge >= 0.3 is 0 Å². The molecule has 1 amide bonds. The molecule has 1 unspecified atom stereocenters. The first-order valence-electron chi connectivity index (χ1n) is 5.83. The maximum absolute atomic E-state index is 13.2. The van der Waals surface area contributed by atoms with E-state index in [2.05, 4.69) is 26.0 Å². The van der Waals surface area contributed by atoms with Crippen molar-refractivity contribution in [1.29, 1.82) is 0 Å². The van der Waals surface area contributed by atoms with Crippen LogP contribution in [0.1, 0.15) is 12.8 Å². The van der Waals surface area contributed by atoms with Crippen LogP contribution in [0.5, 0.6) is 0 Å². The molecular weight excluding hydrogens is 353 g/mol. The predicted octanol–water partition coefficient (Wildman–Crippen LogP) is 0.727. The summed E-state index contributed by atoms with van der Waals surface area (Å²) in [5.74, 6) is -0.791. The Morgan fingerprint density at radius 3 is 2.80 bits per heavy atom. The highest BCUT2D eigenvalue weighted by atomic mass is 79.9. The summed E-state index contributed by atoms with van der Waals surface area (Å²) in [5.41, 5.74) is 5.13. The molecule has 0 spiro atoms. The highest BCUT2D eigenvalue weighted by Gasteiger charge is 2.25. The van der Waals surface area contributed by atoms with Crippen molar-refractivity contribution in [1.82, 2.24) is 10.0 Å². The van der Waals surface area contributed by atoms with Gasteiger partial charge in [-0.05, 0) is 34.5 Å². The molecule has 9 heteroatoms. The number of anilines is 1. The van der Waals surface area contributed by atoms with E-state index in [4.69, 9.17) is 5.73 Å². The molecule has 1 aromatic carbocycles. The number of hydrogen-bond donors (Lipinski definition) is 3. The fourth-order valence-electron chi connectivity index (χ4n) is 1.87. The predicted molar refractivity (Wildman–Crippen MR) is 74.9 cm³/mol. The molecule has 1 fully saturated rings. The van der Waals surface area contributed by atoms with E-state index in [1.54, 1.807) is 0 Å². The number of benzene rings is 1. The van der Waals surface area contributed by atoms with E-state index in [9.17, 15) is 17.6 Å². The lowest BCUT2D eigenvalue weighted by Gasteiger charge is -2.13. The number of sulfonamides is 1. The number of amides is 1. The highest BCUT2D eigenvalue weighted by Crippen LogP contribution is 2.26. The van der Waals surface area contributed by atoms with Crippen LogP contribution in [-0.4, -0.2) is 26.9 Å². The molecule has 1 aromatic rings. The Hall–Kier alpha value is -1.19. The molecule has 0 aliphatic carbocycles. The molecule has 4 N–H and O–H groups in total. The van der Waals surface area contributed by atoms with Gasteiger partial charge in [-0.15, -0.1) is 0 Å². The van der Waals surface area contributed by atoms with Gasteiger partial charge < -0.3 is 11.1 Å². The number of nitrogens with two attached hydrogens (primary N) is 1. The van der Waals surface area contributed by atoms with Gasteiger partial charge in [-0.1, -0.05) is 0 Å². The van der Waals surface area contributed by atoms with Gasteiger partial charge in [0, 0.05) is 23.5 Å². The first-order valence-corrected chi connectivity index (χ1v) is 8.11. The second kappa shape index (κ2) is 5.66. The quantitative estimate of drug-likeness (QED) is 0.684. The van der Waals surface area contributed by atoms with Crippen LogP contribution in [-0.2, 0) is 14.8 Å². The zero-order valence-corrected chi connectivity index (χ0v) is 12.7. The van der Waals surface area contributed by atoms with Crippen molar-refractivity contribution in [2.45, 2.75) is 23.8 Å². The summed E-state index contributed by atoms with van der Waals surface area (Å²) in [6.07, 6.45) is 0.966. The molecule has 110 valence electrons. The van der Waals surface area contributed by atoms with Crippen molar-refractivity contribution in [3.63, 3.8) is 0 Å². The molecule has 0 bridgehead atoms. The van der Waals surface area contributed by atoms with Crippen molar-refractivity contribution in [3.8, 4) is 0 Å². The minimum absolute atomic E-state index is 0.0811. The summed E-state index contributed by atoms with van der Waals surface area (Å²) >= 11 is 3.00. The zero-order chi connectivity index (χ0) is 14.9. The SMILES string of the molecule is Nc1cc(S(=O)(=O)NCC2CCC(=O)N2)c(Br)cc1F. The molecule has 0 radical (unpaired) electrons. The largest absolute Gasteiger partial charge is 0.396 e. The monoisotopic (exact) mass is 365 g/mol. The van der Waals surface area contributed by atoms with Crippen LogP contribution in [0.3, 0.4) is 0 Å². The number of rotatable bonds is 4. The van der Waals surface area contributed by atoms with E-state index >= 15 is 0 Å². The van der Waals surface area contributed by atoms with Crippen molar-refractivity contribution < 1.29 is 17.6 Å². The molecule has 20 heavy (non-hydrogen) atoms. The van der Waals surface area contributed by atoms with Gasteiger partial charge in [-0.3, -0.25) is 4.79 Å². The fraction of sp³-hybridized carbons (Fsp3) is 0.364. The molecule has 0 aromatic heterocycles. The van der Waals surface area contributed by atoms with Crippen molar-refractivity contribution >= 4 is 37.5 Å². The third-order valence-electron chi connectivity index (χ3n) is 2.95. The Balaban J connectivity index is 2.14. The van der Waals surface area contributed by atoms with Crippen molar-refractivity contribution in [2.24, 2.45) is 0 Å². The normalized spacial score (nSPS) is 19.1. The average molecular weight is 366 g/mol. The van der Waals surface area contributed by atoms with E-state index in [-0.39, 0.29) is 33.5 Å². The lowest BCUT2D eigenvalue weighted by Crippen LogP contribution is -2.38. The fourth-order valence-corrected chi connectivity index (χ4v) is 4.00. The Kier molecular flexibility index (Phi) is 4.31. The van der Waals surface area contributed by atoms with Crippen LogP contribution in [0.15, 0.2) is 21.5 Å². The van der Waals surface area contributed by atoms with Crippen LogP contribution >= 0.6 is 15.9 Å². The minimum atomic E-state index is -3.83. The Bertz CT molecular complexity index is 651. The molecule has 0 saturated carbocycles. The Morgan fingerprint density at radius 1 is 1.50 bits per heavy atom. The molecular formula is C11H13BrFN3O3S. The summed E-state index contributed by atoms with van der Waals surface area (Å²) in [4.78, 5) is 10.9. The molecule has 1 atom stereocenters. The van der Waals surface area contributed by atoms with Crippen LogP contribution in [0.2, 0.25) is 0 Å². The molecule has 2 rings (SSSR count). The smallest absolute Gasteiger partial charge is 0.241 e. The second-order valence-electron chi connectivity index (χ2n) is 4.46. The van der Waals surface area contributed by atoms with E-state index in [1.165, 1.54) is 0 Å². The third-order valence-corrected chi connectivity index (χ3v) is 5.33.